The van der Waals surface area contributed by atoms with Crippen molar-refractivity contribution in [2.75, 3.05) is 12.4 Å². The molecule has 0 aliphatic rings. The van der Waals surface area contributed by atoms with Crippen molar-refractivity contribution in [3.63, 3.8) is 0 Å². The van der Waals surface area contributed by atoms with Crippen LogP contribution in [0.2, 0.25) is 0 Å². The second-order valence-corrected chi connectivity index (χ2v) is 3.61. The van der Waals surface area contributed by atoms with Crippen molar-refractivity contribution < 1.29 is 13.5 Å². The molecule has 0 amide bonds. The van der Waals surface area contributed by atoms with Crippen molar-refractivity contribution in [2.45, 2.75) is 6.92 Å². The highest BCUT2D eigenvalue weighted by Gasteiger charge is 2.08. The van der Waals surface area contributed by atoms with Crippen molar-refractivity contribution in [1.29, 1.82) is 0 Å². The number of benzene rings is 1. The fourth-order valence-corrected chi connectivity index (χ4v) is 1.30. The Bertz CT molecular complexity index is 575. The highest BCUT2D eigenvalue weighted by molar-refractivity contribution is 5.35. The lowest BCUT2D eigenvalue weighted by molar-refractivity contribution is 0.444. The normalized spacial score (nSPS) is 10.2. The summed E-state index contributed by atoms with van der Waals surface area (Å²) in [4.78, 5) is 8.07. The van der Waals surface area contributed by atoms with Crippen LogP contribution in [0.4, 0.5) is 14.7 Å². The van der Waals surface area contributed by atoms with Crippen molar-refractivity contribution in [3.05, 3.63) is 41.6 Å². The van der Waals surface area contributed by atoms with E-state index in [0.717, 1.165) is 12.1 Å². The van der Waals surface area contributed by atoms with E-state index in [9.17, 15) is 8.78 Å². The fourth-order valence-electron chi connectivity index (χ4n) is 1.30. The smallest absolute Gasteiger partial charge is 0.226 e. The van der Waals surface area contributed by atoms with Gasteiger partial charge in [-0.3, -0.25) is 0 Å². The molecule has 1 N–H and O–H groups in total. The number of nitrogens with one attached hydrogen (secondary N) is 1. The average molecular weight is 251 g/mol. The number of rotatable bonds is 3. The summed E-state index contributed by atoms with van der Waals surface area (Å²) in [6.45, 7) is 1.76. The van der Waals surface area contributed by atoms with Crippen LogP contribution < -0.4 is 10.1 Å². The van der Waals surface area contributed by atoms with Crippen LogP contribution in [0.1, 0.15) is 5.56 Å². The number of hydrogen-bond donors (Lipinski definition) is 1. The van der Waals surface area contributed by atoms with E-state index in [1.807, 2.05) is 0 Å². The van der Waals surface area contributed by atoms with Gasteiger partial charge >= 0.3 is 0 Å². The quantitative estimate of drug-likeness (QED) is 0.911. The van der Waals surface area contributed by atoms with Gasteiger partial charge in [0.2, 0.25) is 11.8 Å². The highest BCUT2D eigenvalue weighted by Crippen LogP contribution is 2.24. The summed E-state index contributed by atoms with van der Waals surface area (Å²) >= 11 is 0. The number of halogens is 2. The number of hydrogen-bond acceptors (Lipinski definition) is 4. The monoisotopic (exact) mass is 251 g/mol. The molecule has 1 heterocycles. The zero-order valence-electron chi connectivity index (χ0n) is 9.87. The molecule has 0 radical (unpaired) electrons. The molecule has 1 aromatic carbocycles. The molecule has 18 heavy (non-hydrogen) atoms. The zero-order valence-corrected chi connectivity index (χ0v) is 9.87. The van der Waals surface area contributed by atoms with Gasteiger partial charge in [-0.25, -0.2) is 13.8 Å². The molecule has 0 unspecified atom stereocenters. The number of aromatic nitrogens is 2. The van der Waals surface area contributed by atoms with Gasteiger partial charge in [-0.05, 0) is 19.1 Å². The van der Waals surface area contributed by atoms with Gasteiger partial charge in [-0.2, -0.15) is 4.98 Å². The zero-order chi connectivity index (χ0) is 13.1. The molecule has 0 saturated heterocycles. The van der Waals surface area contributed by atoms with Crippen LogP contribution >= 0.6 is 0 Å². The van der Waals surface area contributed by atoms with Crippen molar-refractivity contribution in [2.24, 2.45) is 0 Å². The maximum Gasteiger partial charge on any atom is 0.226 e. The summed E-state index contributed by atoms with van der Waals surface area (Å²) in [5.74, 6) is -1.03. The number of nitrogens with zero attached hydrogens (tertiary/aromatic N) is 2. The molecule has 0 fully saturated rings. The van der Waals surface area contributed by atoms with Gasteiger partial charge in [0.15, 0.2) is 11.6 Å². The third-order valence-electron chi connectivity index (χ3n) is 2.25. The molecule has 0 saturated carbocycles. The first-order chi connectivity index (χ1) is 8.60. The minimum Gasteiger partial charge on any atom is -0.438 e. The summed E-state index contributed by atoms with van der Waals surface area (Å²) < 4.78 is 31.2. The van der Waals surface area contributed by atoms with Gasteiger partial charge in [0.05, 0.1) is 0 Å². The molecule has 1 aromatic heterocycles. The van der Waals surface area contributed by atoms with Gasteiger partial charge in [0.25, 0.3) is 0 Å². The lowest BCUT2D eigenvalue weighted by Gasteiger charge is -2.08. The van der Waals surface area contributed by atoms with E-state index in [1.165, 1.54) is 6.07 Å². The lowest BCUT2D eigenvalue weighted by atomic mass is 10.3. The van der Waals surface area contributed by atoms with Crippen LogP contribution in [0.3, 0.4) is 0 Å². The maximum atomic E-state index is 13.0. The molecule has 2 rings (SSSR count). The first kappa shape index (κ1) is 12.2. The van der Waals surface area contributed by atoms with Crippen molar-refractivity contribution >= 4 is 5.95 Å². The van der Waals surface area contributed by atoms with Crippen molar-refractivity contribution in [1.82, 2.24) is 9.97 Å². The Hall–Kier alpha value is -2.24. The molecule has 0 spiro atoms. The predicted molar refractivity (Wildman–Crippen MR) is 62.7 cm³/mol. The van der Waals surface area contributed by atoms with Gasteiger partial charge in [-0.1, -0.05) is 0 Å². The molecule has 0 aliphatic carbocycles. The van der Waals surface area contributed by atoms with Crippen LogP contribution in [0.15, 0.2) is 24.4 Å². The minimum absolute atomic E-state index is 0.178. The molecule has 94 valence electrons. The van der Waals surface area contributed by atoms with Crippen LogP contribution in [0, 0.1) is 18.6 Å². The maximum absolute atomic E-state index is 13.0. The second-order valence-electron chi connectivity index (χ2n) is 3.61. The van der Waals surface area contributed by atoms with E-state index < -0.39 is 11.6 Å². The SMILES string of the molecule is CNc1ncc(C)c(Oc2ccc(F)c(F)c2)n1. The Kier molecular flexibility index (Phi) is 3.36. The van der Waals surface area contributed by atoms with E-state index in [0.29, 0.717) is 17.4 Å². The number of anilines is 1. The Balaban J connectivity index is 2.30. The molecular weight excluding hydrogens is 240 g/mol. The predicted octanol–water partition coefficient (Wildman–Crippen LogP) is 2.90. The summed E-state index contributed by atoms with van der Waals surface area (Å²) in [7, 11) is 1.67. The van der Waals surface area contributed by atoms with Crippen LogP contribution in [0.25, 0.3) is 0 Å². The minimum atomic E-state index is -0.965. The molecule has 0 aliphatic heterocycles. The molecular formula is C12H11F2N3O. The average Bonchev–Trinajstić information content (AvgIpc) is 2.36. The van der Waals surface area contributed by atoms with Gasteiger partial charge in [-0.15, -0.1) is 0 Å². The van der Waals surface area contributed by atoms with E-state index in [2.05, 4.69) is 15.3 Å². The molecule has 6 heteroatoms. The van der Waals surface area contributed by atoms with E-state index in [1.54, 1.807) is 20.2 Å². The Morgan fingerprint density at radius 3 is 2.67 bits per heavy atom. The topological polar surface area (TPSA) is 47.0 Å². The van der Waals surface area contributed by atoms with E-state index in [4.69, 9.17) is 4.74 Å². The van der Waals surface area contributed by atoms with Crippen LogP contribution in [-0.2, 0) is 0 Å². The first-order valence-corrected chi connectivity index (χ1v) is 5.24. The Labute approximate surface area is 103 Å². The summed E-state index contributed by atoms with van der Waals surface area (Å²) in [6, 6.07) is 3.30. The van der Waals surface area contributed by atoms with Crippen molar-refractivity contribution in [3.8, 4) is 11.6 Å². The van der Waals surface area contributed by atoms with Crippen LogP contribution in [0.5, 0.6) is 11.6 Å². The molecule has 0 atom stereocenters. The molecule has 4 nitrogen and oxygen atoms in total. The number of aryl methyl sites for hydroxylation is 1. The summed E-state index contributed by atoms with van der Waals surface area (Å²) in [5.41, 5.74) is 0.693. The fraction of sp³-hybridized carbons (Fsp3) is 0.167. The Morgan fingerprint density at radius 2 is 2.00 bits per heavy atom. The Morgan fingerprint density at radius 1 is 1.22 bits per heavy atom. The molecule has 2 aromatic rings. The number of ether oxygens (including phenoxy) is 1. The summed E-state index contributed by atoms with van der Waals surface area (Å²) in [5, 5.41) is 2.76. The van der Waals surface area contributed by atoms with Gasteiger partial charge in [0.1, 0.15) is 5.75 Å². The lowest BCUT2D eigenvalue weighted by Crippen LogP contribution is -2.00. The second kappa shape index (κ2) is 4.95. The highest BCUT2D eigenvalue weighted by atomic mass is 19.2. The standard InChI is InChI=1S/C12H11F2N3O/c1-7-6-16-12(15-2)17-11(7)18-8-3-4-9(13)10(14)5-8/h3-6H,1-2H3,(H,15,16,17). The third-order valence-corrected chi connectivity index (χ3v) is 2.25. The van der Waals surface area contributed by atoms with E-state index in [-0.39, 0.29) is 5.75 Å². The van der Waals surface area contributed by atoms with Gasteiger partial charge < -0.3 is 10.1 Å². The summed E-state index contributed by atoms with van der Waals surface area (Å²) in [6.07, 6.45) is 1.58. The van der Waals surface area contributed by atoms with E-state index >= 15 is 0 Å². The third kappa shape index (κ3) is 2.53. The largest absolute Gasteiger partial charge is 0.438 e. The first-order valence-electron chi connectivity index (χ1n) is 5.24. The molecule has 0 bridgehead atoms. The van der Waals surface area contributed by atoms with Gasteiger partial charge in [0, 0.05) is 24.9 Å². The van der Waals surface area contributed by atoms with Crippen LogP contribution in [-0.4, -0.2) is 17.0 Å².